The van der Waals surface area contributed by atoms with Gasteiger partial charge in [-0.15, -0.1) is 5.10 Å². The Balaban J connectivity index is 1.83. The third-order valence-electron chi connectivity index (χ3n) is 5.74. The van der Waals surface area contributed by atoms with E-state index in [-0.39, 0.29) is 12.3 Å². The number of alkyl halides is 3. The van der Waals surface area contributed by atoms with Gasteiger partial charge in [-0.25, -0.2) is 4.79 Å². The number of hydrogen-bond acceptors (Lipinski definition) is 5. The maximum Gasteiger partial charge on any atom is 0.416 e. The Morgan fingerprint density at radius 3 is 2.28 bits per heavy atom. The maximum absolute atomic E-state index is 12.9. The van der Waals surface area contributed by atoms with Crippen LogP contribution in [0.2, 0.25) is 0 Å². The van der Waals surface area contributed by atoms with E-state index in [0.717, 1.165) is 23.3 Å². The van der Waals surface area contributed by atoms with Gasteiger partial charge >= 0.3 is 12.1 Å². The van der Waals surface area contributed by atoms with Crippen molar-refractivity contribution in [2.24, 2.45) is 5.92 Å². The lowest BCUT2D eigenvalue weighted by atomic mass is 10.0. The number of rotatable bonds is 10. The number of nitrogens with zero attached hydrogens (tertiary/aromatic N) is 3. The number of ether oxygens (including phenoxy) is 2. The molecule has 0 bridgehead atoms. The number of aliphatic carboxylic acids is 1. The fraction of sp³-hybridized carbons (Fsp3) is 0.423. The molecule has 10 heteroatoms. The molecule has 0 saturated carbocycles. The second-order valence-electron chi connectivity index (χ2n) is 8.86. The molecule has 7 nitrogen and oxygen atoms in total. The van der Waals surface area contributed by atoms with E-state index >= 15 is 0 Å². The van der Waals surface area contributed by atoms with Crippen molar-refractivity contribution in [3.05, 3.63) is 70.5 Å². The number of halogens is 3. The average Bonchev–Trinajstić information content (AvgIpc) is 3.19. The van der Waals surface area contributed by atoms with Crippen LogP contribution < -0.4 is 4.74 Å². The SMILES string of the molecule is CCOC(Cc1ccc(OC(c2nn(-c3ccc(C(F)(F)F)cc3)nc2C)C(C)C)cc1C)C(=O)O. The van der Waals surface area contributed by atoms with Crippen molar-refractivity contribution in [1.82, 2.24) is 15.0 Å². The molecule has 0 amide bonds. The zero-order valence-corrected chi connectivity index (χ0v) is 20.8. The van der Waals surface area contributed by atoms with Crippen LogP contribution in [0.15, 0.2) is 42.5 Å². The Bertz CT molecular complexity index is 1190. The molecule has 0 aliphatic heterocycles. The molecule has 0 aliphatic rings. The van der Waals surface area contributed by atoms with Gasteiger partial charge in [0.1, 0.15) is 17.5 Å². The van der Waals surface area contributed by atoms with Gasteiger partial charge in [0.15, 0.2) is 6.10 Å². The van der Waals surface area contributed by atoms with Gasteiger partial charge in [-0.3, -0.25) is 0 Å². The minimum absolute atomic E-state index is 0.00998. The highest BCUT2D eigenvalue weighted by molar-refractivity contribution is 5.72. The molecule has 194 valence electrons. The van der Waals surface area contributed by atoms with Gasteiger partial charge in [-0.1, -0.05) is 19.9 Å². The van der Waals surface area contributed by atoms with E-state index in [9.17, 15) is 23.1 Å². The molecule has 0 fully saturated rings. The maximum atomic E-state index is 12.9. The molecular weight excluding hydrogens is 475 g/mol. The van der Waals surface area contributed by atoms with Crippen molar-refractivity contribution in [3.8, 4) is 11.4 Å². The molecule has 3 rings (SSSR count). The molecule has 0 spiro atoms. The van der Waals surface area contributed by atoms with Crippen LogP contribution in [0.1, 0.15) is 55.0 Å². The van der Waals surface area contributed by atoms with Gasteiger partial charge in [0.05, 0.1) is 16.9 Å². The summed E-state index contributed by atoms with van der Waals surface area (Å²) in [5.74, 6) is -0.416. The van der Waals surface area contributed by atoms with Gasteiger partial charge in [0, 0.05) is 13.0 Å². The average molecular weight is 506 g/mol. The normalized spacial score (nSPS) is 13.6. The Kier molecular flexibility index (Phi) is 8.39. The third kappa shape index (κ3) is 6.42. The van der Waals surface area contributed by atoms with Crippen LogP contribution in [-0.2, 0) is 22.1 Å². The quantitative estimate of drug-likeness (QED) is 0.380. The van der Waals surface area contributed by atoms with Crippen LogP contribution >= 0.6 is 0 Å². The largest absolute Gasteiger partial charge is 0.484 e. The topological polar surface area (TPSA) is 86.5 Å². The first-order valence-corrected chi connectivity index (χ1v) is 11.6. The zero-order valence-electron chi connectivity index (χ0n) is 20.8. The molecule has 1 heterocycles. The smallest absolute Gasteiger partial charge is 0.416 e. The summed E-state index contributed by atoms with van der Waals surface area (Å²) in [4.78, 5) is 12.7. The van der Waals surface area contributed by atoms with Gasteiger partial charge in [-0.2, -0.15) is 23.1 Å². The second-order valence-corrected chi connectivity index (χ2v) is 8.86. The van der Waals surface area contributed by atoms with E-state index in [0.29, 0.717) is 29.4 Å². The summed E-state index contributed by atoms with van der Waals surface area (Å²) in [6, 6.07) is 10.1. The Morgan fingerprint density at radius 1 is 1.08 bits per heavy atom. The summed E-state index contributed by atoms with van der Waals surface area (Å²) >= 11 is 0. The Hall–Kier alpha value is -3.40. The molecule has 2 atom stereocenters. The van der Waals surface area contributed by atoms with E-state index in [1.165, 1.54) is 16.9 Å². The number of aromatic nitrogens is 3. The molecular formula is C26H30F3N3O4. The predicted molar refractivity (Wildman–Crippen MR) is 127 cm³/mol. The van der Waals surface area contributed by atoms with Gasteiger partial charge in [0.2, 0.25) is 0 Å². The lowest BCUT2D eigenvalue weighted by Gasteiger charge is -2.22. The van der Waals surface area contributed by atoms with Gasteiger partial charge < -0.3 is 14.6 Å². The fourth-order valence-corrected chi connectivity index (χ4v) is 3.80. The predicted octanol–water partition coefficient (Wildman–Crippen LogP) is 5.71. The first kappa shape index (κ1) is 27.2. The van der Waals surface area contributed by atoms with Gasteiger partial charge in [0.25, 0.3) is 0 Å². The number of carboxylic acid groups (broad SMARTS) is 1. The summed E-state index contributed by atoms with van der Waals surface area (Å²) in [6.07, 6.45) is -5.57. The first-order valence-electron chi connectivity index (χ1n) is 11.6. The molecule has 36 heavy (non-hydrogen) atoms. The molecule has 1 N–H and O–H groups in total. The van der Waals surface area contributed by atoms with Crippen LogP contribution in [0.25, 0.3) is 5.69 Å². The second kappa shape index (κ2) is 11.1. The Morgan fingerprint density at radius 2 is 1.75 bits per heavy atom. The molecule has 1 aromatic heterocycles. The van der Waals surface area contributed by atoms with Crippen LogP contribution in [0.3, 0.4) is 0 Å². The molecule has 2 aromatic carbocycles. The summed E-state index contributed by atoms with van der Waals surface area (Å²) in [7, 11) is 0. The lowest BCUT2D eigenvalue weighted by Crippen LogP contribution is -2.26. The number of hydrogen-bond donors (Lipinski definition) is 1. The van der Waals surface area contributed by atoms with Crippen molar-refractivity contribution >= 4 is 5.97 Å². The Labute approximate surface area is 207 Å². The third-order valence-corrected chi connectivity index (χ3v) is 5.74. The van der Waals surface area contributed by atoms with Crippen LogP contribution in [0.4, 0.5) is 13.2 Å². The molecule has 0 saturated heterocycles. The number of aryl methyl sites for hydroxylation is 2. The van der Waals surface area contributed by atoms with Crippen molar-refractivity contribution in [3.63, 3.8) is 0 Å². The van der Waals surface area contributed by atoms with E-state index in [2.05, 4.69) is 10.2 Å². The van der Waals surface area contributed by atoms with Crippen molar-refractivity contribution in [2.45, 2.75) is 59.4 Å². The standard InChI is InChI=1S/C26H30F3N3O4/c1-6-35-22(25(33)34)14-18-7-12-21(13-16(18)4)36-24(15(2)3)23-17(5)30-32(31-23)20-10-8-19(9-11-20)26(27,28)29/h7-13,15,22,24H,6,14H2,1-5H3,(H,33,34). The molecule has 2 unspecified atom stereocenters. The number of benzene rings is 2. The minimum atomic E-state index is -4.42. The van der Waals surface area contributed by atoms with Crippen molar-refractivity contribution < 1.29 is 32.5 Å². The van der Waals surface area contributed by atoms with Crippen LogP contribution in [0.5, 0.6) is 5.75 Å². The minimum Gasteiger partial charge on any atom is -0.484 e. The van der Waals surface area contributed by atoms with Crippen molar-refractivity contribution in [2.75, 3.05) is 6.61 Å². The molecule has 0 radical (unpaired) electrons. The highest BCUT2D eigenvalue weighted by atomic mass is 19.4. The summed E-state index contributed by atoms with van der Waals surface area (Å²) < 4.78 is 50.3. The first-order chi connectivity index (χ1) is 16.9. The van der Waals surface area contributed by atoms with E-state index in [1.54, 1.807) is 19.9 Å². The monoisotopic (exact) mass is 505 g/mol. The zero-order chi connectivity index (χ0) is 26.6. The van der Waals surface area contributed by atoms with E-state index < -0.39 is 29.9 Å². The van der Waals surface area contributed by atoms with E-state index in [4.69, 9.17) is 9.47 Å². The number of carboxylic acids is 1. The molecule has 0 aliphatic carbocycles. The summed E-state index contributed by atoms with van der Waals surface area (Å²) in [5.41, 5.74) is 2.55. The van der Waals surface area contributed by atoms with Crippen molar-refractivity contribution in [1.29, 1.82) is 0 Å². The number of carbonyl (C=O) groups is 1. The summed E-state index contributed by atoms with van der Waals surface area (Å²) in [6.45, 7) is 9.66. The molecule has 3 aromatic rings. The highest BCUT2D eigenvalue weighted by Gasteiger charge is 2.30. The van der Waals surface area contributed by atoms with E-state index in [1.807, 2.05) is 32.9 Å². The fourth-order valence-electron chi connectivity index (χ4n) is 3.80. The van der Waals surface area contributed by atoms with Crippen LogP contribution in [0, 0.1) is 19.8 Å². The summed E-state index contributed by atoms with van der Waals surface area (Å²) in [5, 5.41) is 18.3. The van der Waals surface area contributed by atoms with Crippen LogP contribution in [-0.4, -0.2) is 38.8 Å². The lowest BCUT2D eigenvalue weighted by molar-refractivity contribution is -0.150. The highest BCUT2D eigenvalue weighted by Crippen LogP contribution is 2.32. The van der Waals surface area contributed by atoms with Gasteiger partial charge in [-0.05, 0) is 74.2 Å².